The molecular formula is C26H25FN4O4. The van der Waals surface area contributed by atoms with E-state index < -0.39 is 17.6 Å². The van der Waals surface area contributed by atoms with Gasteiger partial charge in [-0.2, -0.15) is 5.10 Å². The maximum atomic E-state index is 12.9. The van der Waals surface area contributed by atoms with Gasteiger partial charge in [0.1, 0.15) is 11.6 Å². The first kappa shape index (κ1) is 25.1. The molecule has 35 heavy (non-hydrogen) atoms. The predicted molar refractivity (Wildman–Crippen MR) is 132 cm³/mol. The summed E-state index contributed by atoms with van der Waals surface area (Å²) in [7, 11) is 0. The highest BCUT2D eigenvalue weighted by molar-refractivity contribution is 6.39. The third kappa shape index (κ3) is 7.50. The summed E-state index contributed by atoms with van der Waals surface area (Å²) in [6.07, 6.45) is 1.33. The number of benzene rings is 3. The van der Waals surface area contributed by atoms with E-state index in [0.29, 0.717) is 11.3 Å². The van der Waals surface area contributed by atoms with Gasteiger partial charge in [-0.1, -0.05) is 29.8 Å². The van der Waals surface area contributed by atoms with Crippen LogP contribution in [0.25, 0.3) is 0 Å². The Morgan fingerprint density at radius 3 is 2.29 bits per heavy atom. The Bertz CT molecular complexity index is 1250. The van der Waals surface area contributed by atoms with Crippen LogP contribution in [-0.4, -0.2) is 30.5 Å². The quantitative estimate of drug-likeness (QED) is 0.273. The molecule has 0 aliphatic rings. The van der Waals surface area contributed by atoms with Gasteiger partial charge in [-0.15, -0.1) is 0 Å². The van der Waals surface area contributed by atoms with Gasteiger partial charge >= 0.3 is 11.8 Å². The molecule has 0 aromatic heterocycles. The lowest BCUT2D eigenvalue weighted by molar-refractivity contribution is -0.136. The molecule has 0 aliphatic heterocycles. The van der Waals surface area contributed by atoms with Crippen LogP contribution in [0.4, 0.5) is 15.8 Å². The Kier molecular flexibility index (Phi) is 8.29. The molecule has 0 fully saturated rings. The van der Waals surface area contributed by atoms with E-state index in [9.17, 15) is 18.8 Å². The summed E-state index contributed by atoms with van der Waals surface area (Å²) in [5.41, 5.74) is 6.80. The van der Waals surface area contributed by atoms with Gasteiger partial charge < -0.3 is 15.4 Å². The van der Waals surface area contributed by atoms with Crippen LogP contribution in [0, 0.1) is 26.6 Å². The molecule has 0 unspecified atom stereocenters. The Morgan fingerprint density at radius 2 is 1.60 bits per heavy atom. The number of aryl methyl sites for hydroxylation is 3. The van der Waals surface area contributed by atoms with Gasteiger partial charge in [-0.3, -0.25) is 14.4 Å². The number of amides is 3. The third-order valence-corrected chi connectivity index (χ3v) is 4.86. The first-order valence-electron chi connectivity index (χ1n) is 10.7. The summed E-state index contributed by atoms with van der Waals surface area (Å²) in [6, 6.07) is 15.7. The molecule has 3 rings (SSSR count). The minimum atomic E-state index is -0.989. The Hall–Kier alpha value is -4.53. The van der Waals surface area contributed by atoms with Gasteiger partial charge in [0, 0.05) is 11.4 Å². The molecule has 0 saturated carbocycles. The Labute approximate surface area is 202 Å². The minimum absolute atomic E-state index is 0.187. The van der Waals surface area contributed by atoms with Crippen molar-refractivity contribution in [2.24, 2.45) is 5.10 Å². The van der Waals surface area contributed by atoms with Crippen molar-refractivity contribution < 1.29 is 23.5 Å². The normalized spacial score (nSPS) is 10.6. The first-order valence-corrected chi connectivity index (χ1v) is 10.7. The monoisotopic (exact) mass is 476 g/mol. The van der Waals surface area contributed by atoms with Crippen LogP contribution in [-0.2, 0) is 14.4 Å². The molecule has 0 radical (unpaired) electrons. The van der Waals surface area contributed by atoms with E-state index in [-0.39, 0.29) is 18.2 Å². The van der Waals surface area contributed by atoms with Crippen molar-refractivity contribution in [1.29, 1.82) is 0 Å². The van der Waals surface area contributed by atoms with E-state index in [1.807, 2.05) is 32.9 Å². The zero-order chi connectivity index (χ0) is 25.4. The fourth-order valence-electron chi connectivity index (χ4n) is 3.32. The number of hydrazone groups is 1. The number of carbonyl (C=O) groups is 3. The van der Waals surface area contributed by atoms with E-state index in [1.54, 1.807) is 24.3 Å². The van der Waals surface area contributed by atoms with Crippen LogP contribution in [0.5, 0.6) is 5.75 Å². The lowest BCUT2D eigenvalue weighted by Gasteiger charge is -2.13. The Balaban J connectivity index is 1.50. The third-order valence-electron chi connectivity index (χ3n) is 4.86. The molecule has 0 heterocycles. The molecule has 0 aliphatic carbocycles. The molecule has 0 bridgehead atoms. The smallest absolute Gasteiger partial charge is 0.329 e. The SMILES string of the molecule is Cc1cc(C)c(NC(=O)COc2cccc(/C=N\NC(=O)C(=O)Nc3ccc(F)cc3)c2)c(C)c1. The average molecular weight is 477 g/mol. The van der Waals surface area contributed by atoms with Crippen molar-refractivity contribution in [3.8, 4) is 5.75 Å². The predicted octanol–water partition coefficient (Wildman–Crippen LogP) is 3.86. The molecule has 8 nitrogen and oxygen atoms in total. The second kappa shape index (κ2) is 11.6. The van der Waals surface area contributed by atoms with Crippen molar-refractivity contribution in [3.63, 3.8) is 0 Å². The number of hydrogen-bond acceptors (Lipinski definition) is 5. The molecule has 0 atom stereocenters. The summed E-state index contributed by atoms with van der Waals surface area (Å²) >= 11 is 0. The van der Waals surface area contributed by atoms with E-state index in [2.05, 4.69) is 21.2 Å². The molecule has 3 N–H and O–H groups in total. The van der Waals surface area contributed by atoms with Gasteiger partial charge in [-0.05, 0) is 73.9 Å². The fourth-order valence-corrected chi connectivity index (χ4v) is 3.32. The van der Waals surface area contributed by atoms with E-state index in [1.165, 1.54) is 18.3 Å². The highest BCUT2D eigenvalue weighted by Gasteiger charge is 2.13. The van der Waals surface area contributed by atoms with Gasteiger partial charge in [0.25, 0.3) is 5.91 Å². The molecule has 180 valence electrons. The number of carbonyl (C=O) groups excluding carboxylic acids is 3. The van der Waals surface area contributed by atoms with Crippen molar-refractivity contribution in [2.45, 2.75) is 20.8 Å². The molecule has 3 aromatic rings. The summed E-state index contributed by atoms with van der Waals surface area (Å²) in [4.78, 5) is 36.1. The van der Waals surface area contributed by atoms with Crippen molar-refractivity contribution in [3.05, 3.63) is 88.7 Å². The van der Waals surface area contributed by atoms with Crippen molar-refractivity contribution >= 4 is 35.3 Å². The second-order valence-electron chi connectivity index (χ2n) is 7.84. The van der Waals surface area contributed by atoms with Crippen LogP contribution in [0.1, 0.15) is 22.3 Å². The number of nitrogens with zero attached hydrogens (tertiary/aromatic N) is 1. The number of anilines is 2. The van der Waals surface area contributed by atoms with Crippen molar-refractivity contribution in [1.82, 2.24) is 5.43 Å². The van der Waals surface area contributed by atoms with E-state index in [0.717, 1.165) is 34.5 Å². The summed E-state index contributed by atoms with van der Waals surface area (Å²) in [5, 5.41) is 8.96. The molecule has 3 amide bonds. The number of ether oxygens (including phenoxy) is 1. The van der Waals surface area contributed by atoms with E-state index in [4.69, 9.17) is 4.74 Å². The molecule has 0 spiro atoms. The lowest BCUT2D eigenvalue weighted by Crippen LogP contribution is -2.32. The fraction of sp³-hybridized carbons (Fsp3) is 0.154. The van der Waals surface area contributed by atoms with Gasteiger partial charge in [0.2, 0.25) is 0 Å². The average Bonchev–Trinajstić information content (AvgIpc) is 2.81. The highest BCUT2D eigenvalue weighted by Crippen LogP contribution is 2.22. The Morgan fingerprint density at radius 1 is 0.914 bits per heavy atom. The number of nitrogens with one attached hydrogen (secondary N) is 3. The van der Waals surface area contributed by atoms with E-state index >= 15 is 0 Å². The van der Waals surface area contributed by atoms with Crippen LogP contribution in [0.2, 0.25) is 0 Å². The molecule has 3 aromatic carbocycles. The molecule has 9 heteroatoms. The van der Waals surface area contributed by atoms with Crippen LogP contribution >= 0.6 is 0 Å². The van der Waals surface area contributed by atoms with Crippen LogP contribution < -0.4 is 20.8 Å². The molecular weight excluding hydrogens is 451 g/mol. The highest BCUT2D eigenvalue weighted by atomic mass is 19.1. The van der Waals surface area contributed by atoms with Gasteiger partial charge in [0.05, 0.1) is 6.21 Å². The van der Waals surface area contributed by atoms with Gasteiger partial charge in [-0.25, -0.2) is 9.82 Å². The molecule has 0 saturated heterocycles. The summed E-state index contributed by atoms with van der Waals surface area (Å²) < 4.78 is 18.5. The van der Waals surface area contributed by atoms with Crippen LogP contribution in [0.15, 0.2) is 65.8 Å². The van der Waals surface area contributed by atoms with Crippen molar-refractivity contribution in [2.75, 3.05) is 17.2 Å². The zero-order valence-electron chi connectivity index (χ0n) is 19.5. The maximum absolute atomic E-state index is 12.9. The van der Waals surface area contributed by atoms with Crippen LogP contribution in [0.3, 0.4) is 0 Å². The first-order chi connectivity index (χ1) is 16.7. The minimum Gasteiger partial charge on any atom is -0.484 e. The largest absolute Gasteiger partial charge is 0.484 e. The topological polar surface area (TPSA) is 109 Å². The second-order valence-corrected chi connectivity index (χ2v) is 7.84. The lowest BCUT2D eigenvalue weighted by atomic mass is 10.1. The number of halogens is 1. The number of rotatable bonds is 7. The summed E-state index contributed by atoms with van der Waals surface area (Å²) in [5.74, 6) is -2.26. The summed E-state index contributed by atoms with van der Waals surface area (Å²) in [6.45, 7) is 5.68. The van der Waals surface area contributed by atoms with Gasteiger partial charge in [0.15, 0.2) is 6.61 Å². The zero-order valence-corrected chi connectivity index (χ0v) is 19.5. The maximum Gasteiger partial charge on any atom is 0.329 e. The standard InChI is InChI=1S/C26H25FN4O4/c1-16-11-17(2)24(18(3)12-16)30-23(32)15-35-22-6-4-5-19(13-22)14-28-31-26(34)25(33)29-21-9-7-20(27)8-10-21/h4-14H,15H2,1-3H3,(H,29,33)(H,30,32)(H,31,34)/b28-14-. The number of hydrogen-bond donors (Lipinski definition) is 3.